The number of likely N-dealkylation sites (tertiary alicyclic amines) is 2. The number of rotatable bonds is 4. The van der Waals surface area contributed by atoms with E-state index in [1.54, 1.807) is 0 Å². The first-order valence-electron chi connectivity index (χ1n) is 8.95. The molecule has 2 aliphatic heterocycles. The van der Waals surface area contributed by atoms with Gasteiger partial charge < -0.3 is 10.2 Å². The van der Waals surface area contributed by atoms with Crippen molar-refractivity contribution in [2.75, 3.05) is 32.7 Å². The Hall–Kier alpha value is -1.95. The van der Waals surface area contributed by atoms with Crippen LogP contribution < -0.4 is 5.32 Å². The lowest BCUT2D eigenvalue weighted by Crippen LogP contribution is -2.46. The highest BCUT2D eigenvalue weighted by Gasteiger charge is 2.42. The van der Waals surface area contributed by atoms with E-state index in [0.717, 1.165) is 57.5 Å². The quantitative estimate of drug-likeness (QED) is 0.903. The second-order valence-electron chi connectivity index (χ2n) is 7.42. The molecule has 1 atom stereocenters. The molecule has 0 saturated carbocycles. The Kier molecular flexibility index (Phi) is 5.37. The Morgan fingerprint density at radius 2 is 1.92 bits per heavy atom. The van der Waals surface area contributed by atoms with Crippen molar-refractivity contribution >= 4 is 11.8 Å². The van der Waals surface area contributed by atoms with Crippen LogP contribution in [0.25, 0.3) is 0 Å². The molecule has 1 aromatic rings. The third kappa shape index (κ3) is 4.57. The van der Waals surface area contributed by atoms with Crippen molar-refractivity contribution in [2.45, 2.75) is 32.7 Å². The van der Waals surface area contributed by atoms with Gasteiger partial charge in [-0.25, -0.2) is 4.39 Å². The number of carbonyl (C=O) groups excluding carboxylic acids is 2. The number of amides is 2. The predicted molar refractivity (Wildman–Crippen MR) is 93.2 cm³/mol. The van der Waals surface area contributed by atoms with E-state index in [4.69, 9.17) is 0 Å². The van der Waals surface area contributed by atoms with E-state index in [1.165, 1.54) is 19.1 Å². The molecule has 2 heterocycles. The van der Waals surface area contributed by atoms with Crippen LogP contribution in [0.15, 0.2) is 24.3 Å². The van der Waals surface area contributed by atoms with Crippen molar-refractivity contribution in [2.24, 2.45) is 5.41 Å². The van der Waals surface area contributed by atoms with Gasteiger partial charge in [0.05, 0.1) is 6.54 Å². The number of benzene rings is 1. The van der Waals surface area contributed by atoms with E-state index in [0.29, 0.717) is 0 Å². The Morgan fingerprint density at radius 1 is 1.16 bits per heavy atom. The van der Waals surface area contributed by atoms with E-state index in [2.05, 4.69) is 10.2 Å². The number of nitrogens with zero attached hydrogens (tertiary/aromatic N) is 2. The van der Waals surface area contributed by atoms with Gasteiger partial charge in [-0.2, -0.15) is 0 Å². The van der Waals surface area contributed by atoms with Crippen LogP contribution in [0.4, 0.5) is 4.39 Å². The van der Waals surface area contributed by atoms with Gasteiger partial charge in [0.15, 0.2) is 0 Å². The summed E-state index contributed by atoms with van der Waals surface area (Å²) in [5, 5.41) is 2.59. The minimum atomic E-state index is -0.206. The van der Waals surface area contributed by atoms with Crippen LogP contribution in [-0.4, -0.2) is 54.3 Å². The van der Waals surface area contributed by atoms with Crippen LogP contribution in [0.1, 0.15) is 31.7 Å². The number of hydrogen-bond donors (Lipinski definition) is 1. The molecule has 25 heavy (non-hydrogen) atoms. The van der Waals surface area contributed by atoms with Crippen LogP contribution >= 0.6 is 0 Å². The molecule has 1 spiro atoms. The van der Waals surface area contributed by atoms with Gasteiger partial charge in [0.25, 0.3) is 0 Å². The Balaban J connectivity index is 1.56. The summed E-state index contributed by atoms with van der Waals surface area (Å²) in [7, 11) is 0. The molecule has 0 aromatic heterocycles. The Labute approximate surface area is 148 Å². The highest BCUT2D eigenvalue weighted by atomic mass is 19.1. The maximum Gasteiger partial charge on any atom is 0.241 e. The fourth-order valence-corrected chi connectivity index (χ4v) is 4.09. The van der Waals surface area contributed by atoms with Crippen molar-refractivity contribution in [3.8, 4) is 0 Å². The number of carbonyl (C=O) groups is 2. The summed E-state index contributed by atoms with van der Waals surface area (Å²) in [4.78, 5) is 27.5. The van der Waals surface area contributed by atoms with Gasteiger partial charge in [0, 0.05) is 38.5 Å². The van der Waals surface area contributed by atoms with Gasteiger partial charge >= 0.3 is 0 Å². The zero-order valence-electron chi connectivity index (χ0n) is 14.8. The molecule has 2 saturated heterocycles. The monoisotopic (exact) mass is 347 g/mol. The molecule has 2 aliphatic rings. The highest BCUT2D eigenvalue weighted by Crippen LogP contribution is 2.39. The molecule has 2 fully saturated rings. The minimum absolute atomic E-state index is 0.00253. The summed E-state index contributed by atoms with van der Waals surface area (Å²) >= 11 is 0. The Bertz CT molecular complexity index is 634. The van der Waals surface area contributed by atoms with Gasteiger partial charge in [-0.05, 0) is 43.5 Å². The molecule has 0 aliphatic carbocycles. The fraction of sp³-hybridized carbons (Fsp3) is 0.579. The zero-order chi connectivity index (χ0) is 17.9. The van der Waals surface area contributed by atoms with Gasteiger partial charge in [0.1, 0.15) is 5.82 Å². The molecule has 0 radical (unpaired) electrons. The number of hydrogen-bond acceptors (Lipinski definition) is 3. The molecule has 3 rings (SSSR count). The third-order valence-electron chi connectivity index (χ3n) is 5.34. The summed E-state index contributed by atoms with van der Waals surface area (Å²) in [5.41, 5.74) is 1.28. The van der Waals surface area contributed by atoms with Gasteiger partial charge in [0.2, 0.25) is 11.8 Å². The number of nitrogens with one attached hydrogen (secondary N) is 1. The van der Waals surface area contributed by atoms with Gasteiger partial charge in [-0.1, -0.05) is 12.1 Å². The van der Waals surface area contributed by atoms with Crippen molar-refractivity contribution in [1.29, 1.82) is 0 Å². The maximum atomic E-state index is 13.1. The predicted octanol–water partition coefficient (Wildman–Crippen LogP) is 1.78. The molecule has 1 N–H and O–H groups in total. The van der Waals surface area contributed by atoms with E-state index in [-0.39, 0.29) is 29.6 Å². The standard InChI is InChI=1S/C19H26FN3O2/c1-15(24)21-11-18(25)23-10-8-19(14-23)7-2-9-22(13-19)12-16-3-5-17(20)6-4-16/h3-6H,2,7-14H2,1H3,(H,21,24). The number of piperidine rings is 1. The molecule has 1 aromatic carbocycles. The minimum Gasteiger partial charge on any atom is -0.347 e. The average molecular weight is 347 g/mol. The lowest BCUT2D eigenvalue weighted by Gasteiger charge is -2.40. The largest absolute Gasteiger partial charge is 0.347 e. The van der Waals surface area contributed by atoms with Crippen LogP contribution in [0.2, 0.25) is 0 Å². The second kappa shape index (κ2) is 7.52. The second-order valence-corrected chi connectivity index (χ2v) is 7.42. The van der Waals surface area contributed by atoms with Crippen LogP contribution in [-0.2, 0) is 16.1 Å². The molecular weight excluding hydrogens is 321 g/mol. The Morgan fingerprint density at radius 3 is 2.64 bits per heavy atom. The molecule has 0 bridgehead atoms. The fourth-order valence-electron chi connectivity index (χ4n) is 4.09. The summed E-state index contributed by atoms with van der Waals surface area (Å²) in [6.45, 7) is 5.88. The van der Waals surface area contributed by atoms with Gasteiger partial charge in [-0.3, -0.25) is 14.5 Å². The lowest BCUT2D eigenvalue weighted by atomic mass is 9.79. The van der Waals surface area contributed by atoms with Crippen LogP contribution in [0.3, 0.4) is 0 Å². The summed E-state index contributed by atoms with van der Waals surface area (Å²) in [6.07, 6.45) is 3.27. The highest BCUT2D eigenvalue weighted by molar-refractivity contribution is 5.83. The first kappa shape index (κ1) is 17.9. The normalized spacial score (nSPS) is 23.8. The third-order valence-corrected chi connectivity index (χ3v) is 5.34. The van der Waals surface area contributed by atoms with Crippen LogP contribution in [0.5, 0.6) is 0 Å². The van der Waals surface area contributed by atoms with Crippen molar-refractivity contribution in [3.63, 3.8) is 0 Å². The van der Waals surface area contributed by atoms with E-state index in [1.807, 2.05) is 17.0 Å². The van der Waals surface area contributed by atoms with Crippen LogP contribution in [0, 0.1) is 11.2 Å². The van der Waals surface area contributed by atoms with Crippen molar-refractivity contribution in [1.82, 2.24) is 15.1 Å². The molecule has 136 valence electrons. The molecule has 6 heteroatoms. The lowest BCUT2D eigenvalue weighted by molar-refractivity contribution is -0.132. The topological polar surface area (TPSA) is 52.7 Å². The molecular formula is C19H26FN3O2. The van der Waals surface area contributed by atoms with Gasteiger partial charge in [-0.15, -0.1) is 0 Å². The zero-order valence-corrected chi connectivity index (χ0v) is 14.8. The first-order chi connectivity index (χ1) is 12.0. The summed E-state index contributed by atoms with van der Waals surface area (Å²) in [5.74, 6) is -0.379. The summed E-state index contributed by atoms with van der Waals surface area (Å²) < 4.78 is 13.1. The van der Waals surface area contributed by atoms with Crippen molar-refractivity contribution < 1.29 is 14.0 Å². The molecule has 1 unspecified atom stereocenters. The smallest absolute Gasteiger partial charge is 0.241 e. The van der Waals surface area contributed by atoms with E-state index >= 15 is 0 Å². The number of halogens is 1. The van der Waals surface area contributed by atoms with E-state index in [9.17, 15) is 14.0 Å². The van der Waals surface area contributed by atoms with Crippen molar-refractivity contribution in [3.05, 3.63) is 35.6 Å². The summed E-state index contributed by atoms with van der Waals surface area (Å²) in [6, 6.07) is 6.70. The SMILES string of the molecule is CC(=O)NCC(=O)N1CCC2(CCCN(Cc3ccc(F)cc3)C2)C1. The maximum absolute atomic E-state index is 13.1. The molecule has 5 nitrogen and oxygen atoms in total. The first-order valence-corrected chi connectivity index (χ1v) is 8.95. The molecule has 2 amide bonds. The van der Waals surface area contributed by atoms with E-state index < -0.39 is 0 Å². The average Bonchev–Trinajstić information content (AvgIpc) is 2.98.